The standard InChI is InChI=1S/C20H23N3O5/c1-19(10-27-11-19)20-9-23(18(25)26)8-14(20)13(20)3-5-22-17(24)15-6-12-2-4-21-7-16(12)28-15/h2,4,6-7,13-14H,3,5,8-11H2,1H3,(H,22,24)(H,25,26). The molecule has 0 spiro atoms. The van der Waals surface area contributed by atoms with Gasteiger partial charge in [-0.2, -0.15) is 0 Å². The van der Waals surface area contributed by atoms with E-state index in [1.807, 2.05) is 0 Å². The Morgan fingerprint density at radius 3 is 2.93 bits per heavy atom. The second-order valence-electron chi connectivity index (χ2n) is 8.54. The highest BCUT2D eigenvalue weighted by Crippen LogP contribution is 2.74. The fourth-order valence-electron chi connectivity index (χ4n) is 5.54. The van der Waals surface area contributed by atoms with Crippen LogP contribution in [0.5, 0.6) is 0 Å². The molecule has 1 aliphatic carbocycles. The second kappa shape index (κ2) is 5.94. The second-order valence-corrected chi connectivity index (χ2v) is 8.54. The van der Waals surface area contributed by atoms with Gasteiger partial charge in [0.05, 0.1) is 19.4 Å². The van der Waals surface area contributed by atoms with Crippen LogP contribution in [0.2, 0.25) is 0 Å². The lowest BCUT2D eigenvalue weighted by Gasteiger charge is -2.46. The molecule has 8 heteroatoms. The summed E-state index contributed by atoms with van der Waals surface area (Å²) >= 11 is 0. The third kappa shape index (κ3) is 2.37. The van der Waals surface area contributed by atoms with Gasteiger partial charge in [0.1, 0.15) is 0 Å². The topological polar surface area (TPSA) is 105 Å². The molecule has 28 heavy (non-hydrogen) atoms. The number of furan rings is 1. The zero-order valence-corrected chi connectivity index (χ0v) is 15.7. The number of aromatic nitrogens is 1. The molecule has 2 aromatic rings. The predicted octanol–water partition coefficient (Wildman–Crippen LogP) is 2.21. The molecule has 0 bridgehead atoms. The molecular formula is C20H23N3O5. The molecule has 2 amide bonds. The van der Waals surface area contributed by atoms with Crippen molar-refractivity contribution in [1.29, 1.82) is 0 Å². The summed E-state index contributed by atoms with van der Waals surface area (Å²) in [7, 11) is 0. The minimum Gasteiger partial charge on any atom is -0.465 e. The molecule has 3 aliphatic rings. The molecule has 0 aromatic carbocycles. The van der Waals surface area contributed by atoms with E-state index in [9.17, 15) is 14.7 Å². The van der Waals surface area contributed by atoms with Gasteiger partial charge in [0, 0.05) is 42.0 Å². The Balaban J connectivity index is 1.22. The van der Waals surface area contributed by atoms with Gasteiger partial charge in [-0.15, -0.1) is 0 Å². The number of carbonyl (C=O) groups excluding carboxylic acids is 1. The van der Waals surface area contributed by atoms with Crippen molar-refractivity contribution in [3.05, 3.63) is 30.3 Å². The van der Waals surface area contributed by atoms with Crippen molar-refractivity contribution in [2.24, 2.45) is 22.7 Å². The number of fused-ring (bicyclic) bond motifs is 2. The van der Waals surface area contributed by atoms with Crippen LogP contribution in [-0.2, 0) is 4.74 Å². The Labute approximate surface area is 161 Å². The monoisotopic (exact) mass is 385 g/mol. The Morgan fingerprint density at radius 1 is 1.43 bits per heavy atom. The number of nitrogens with one attached hydrogen (secondary N) is 1. The number of hydrogen-bond donors (Lipinski definition) is 2. The average Bonchev–Trinajstić information content (AvgIpc) is 3.03. The van der Waals surface area contributed by atoms with Gasteiger partial charge < -0.3 is 24.5 Å². The van der Waals surface area contributed by atoms with Crippen LogP contribution in [0.4, 0.5) is 4.79 Å². The maximum atomic E-state index is 12.4. The third-order valence-electron chi connectivity index (χ3n) is 7.09. The van der Waals surface area contributed by atoms with E-state index in [1.165, 1.54) is 4.90 Å². The van der Waals surface area contributed by atoms with Crippen molar-refractivity contribution in [1.82, 2.24) is 15.2 Å². The van der Waals surface area contributed by atoms with E-state index in [0.717, 1.165) is 11.8 Å². The van der Waals surface area contributed by atoms with E-state index >= 15 is 0 Å². The van der Waals surface area contributed by atoms with E-state index in [1.54, 1.807) is 24.5 Å². The van der Waals surface area contributed by atoms with Crippen molar-refractivity contribution >= 4 is 23.0 Å². The van der Waals surface area contributed by atoms with Crippen molar-refractivity contribution in [3.8, 4) is 0 Å². The molecule has 0 radical (unpaired) electrons. The third-order valence-corrected chi connectivity index (χ3v) is 7.09. The number of piperidine rings is 1. The van der Waals surface area contributed by atoms with Crippen LogP contribution in [0, 0.1) is 22.7 Å². The molecular weight excluding hydrogens is 362 g/mol. The molecule has 2 saturated heterocycles. The maximum absolute atomic E-state index is 12.4. The SMILES string of the molecule is CC1(C23CN(C(=O)O)CC2C3CCNC(=O)c2cc3ccncc3o2)COC1. The first-order chi connectivity index (χ1) is 13.4. The number of nitrogens with zero attached hydrogens (tertiary/aromatic N) is 2. The zero-order valence-electron chi connectivity index (χ0n) is 15.7. The molecule has 3 atom stereocenters. The molecule has 2 aromatic heterocycles. The van der Waals surface area contributed by atoms with Crippen molar-refractivity contribution < 1.29 is 23.8 Å². The van der Waals surface area contributed by atoms with Crippen LogP contribution in [0.25, 0.3) is 11.0 Å². The summed E-state index contributed by atoms with van der Waals surface area (Å²) in [4.78, 5) is 29.4. The molecule has 2 aliphatic heterocycles. The number of ether oxygens (including phenoxy) is 1. The van der Waals surface area contributed by atoms with Gasteiger partial charge in [-0.05, 0) is 30.4 Å². The first-order valence-corrected chi connectivity index (χ1v) is 9.62. The Bertz CT molecular complexity index is 919. The number of likely N-dealkylation sites (tertiary alicyclic amines) is 1. The maximum Gasteiger partial charge on any atom is 0.407 e. The fourth-order valence-corrected chi connectivity index (χ4v) is 5.54. The molecule has 5 rings (SSSR count). The molecule has 3 unspecified atom stereocenters. The van der Waals surface area contributed by atoms with E-state index in [2.05, 4.69) is 17.2 Å². The number of hydrogen-bond acceptors (Lipinski definition) is 5. The molecule has 148 valence electrons. The largest absolute Gasteiger partial charge is 0.465 e. The summed E-state index contributed by atoms with van der Waals surface area (Å²) < 4.78 is 11.0. The molecule has 3 fully saturated rings. The van der Waals surface area contributed by atoms with Gasteiger partial charge in [-0.1, -0.05) is 6.92 Å². The fraction of sp³-hybridized carbons (Fsp3) is 0.550. The van der Waals surface area contributed by atoms with Crippen molar-refractivity contribution in [3.63, 3.8) is 0 Å². The number of amides is 2. The normalized spacial score (nSPS) is 30.0. The van der Waals surface area contributed by atoms with Gasteiger partial charge in [-0.3, -0.25) is 9.78 Å². The van der Waals surface area contributed by atoms with Crippen molar-refractivity contribution in [2.75, 3.05) is 32.8 Å². The van der Waals surface area contributed by atoms with Crippen LogP contribution < -0.4 is 5.32 Å². The first kappa shape index (κ1) is 17.5. The number of carboxylic acid groups (broad SMARTS) is 1. The Kier molecular flexibility index (Phi) is 3.71. The van der Waals surface area contributed by atoms with Crippen LogP contribution in [0.3, 0.4) is 0 Å². The number of pyridine rings is 1. The Hall–Kier alpha value is -2.61. The van der Waals surface area contributed by atoms with Gasteiger partial charge >= 0.3 is 6.09 Å². The van der Waals surface area contributed by atoms with E-state index < -0.39 is 6.09 Å². The lowest BCUT2D eigenvalue weighted by molar-refractivity contribution is -0.148. The smallest absolute Gasteiger partial charge is 0.407 e. The number of carbonyl (C=O) groups is 2. The van der Waals surface area contributed by atoms with Gasteiger partial charge in [0.15, 0.2) is 11.3 Å². The lowest BCUT2D eigenvalue weighted by Crippen LogP contribution is -2.51. The van der Waals surface area contributed by atoms with Crippen LogP contribution in [0.1, 0.15) is 23.9 Å². The number of rotatable bonds is 5. The van der Waals surface area contributed by atoms with Crippen LogP contribution in [0.15, 0.2) is 28.9 Å². The first-order valence-electron chi connectivity index (χ1n) is 9.62. The summed E-state index contributed by atoms with van der Waals surface area (Å²) in [6.45, 7) is 5.28. The summed E-state index contributed by atoms with van der Waals surface area (Å²) in [6.07, 6.45) is 3.25. The molecule has 8 nitrogen and oxygen atoms in total. The minimum absolute atomic E-state index is 0.0145. The summed E-state index contributed by atoms with van der Waals surface area (Å²) in [5.41, 5.74) is 0.608. The van der Waals surface area contributed by atoms with Gasteiger partial charge in [-0.25, -0.2) is 4.79 Å². The van der Waals surface area contributed by atoms with Crippen LogP contribution in [-0.4, -0.2) is 59.8 Å². The summed E-state index contributed by atoms with van der Waals surface area (Å²) in [6, 6.07) is 3.53. The van der Waals surface area contributed by atoms with Gasteiger partial charge in [0.2, 0.25) is 0 Å². The highest BCUT2D eigenvalue weighted by Gasteiger charge is 2.77. The molecule has 2 N–H and O–H groups in total. The van der Waals surface area contributed by atoms with Gasteiger partial charge in [0.25, 0.3) is 5.91 Å². The summed E-state index contributed by atoms with van der Waals surface area (Å²) in [5, 5.41) is 13.2. The Morgan fingerprint density at radius 2 is 2.25 bits per heavy atom. The molecule has 4 heterocycles. The highest BCUT2D eigenvalue weighted by molar-refractivity contribution is 5.95. The van der Waals surface area contributed by atoms with E-state index in [0.29, 0.717) is 50.3 Å². The average molecular weight is 385 g/mol. The molecule has 1 saturated carbocycles. The predicted molar refractivity (Wildman–Crippen MR) is 98.9 cm³/mol. The van der Waals surface area contributed by atoms with E-state index in [4.69, 9.17) is 9.15 Å². The quantitative estimate of drug-likeness (QED) is 0.818. The highest BCUT2D eigenvalue weighted by atomic mass is 16.5. The summed E-state index contributed by atoms with van der Waals surface area (Å²) in [5.74, 6) is 0.815. The van der Waals surface area contributed by atoms with Crippen LogP contribution >= 0.6 is 0 Å². The lowest BCUT2D eigenvalue weighted by atomic mass is 9.70. The van der Waals surface area contributed by atoms with Crippen molar-refractivity contribution in [2.45, 2.75) is 13.3 Å². The zero-order chi connectivity index (χ0) is 19.5. The minimum atomic E-state index is -0.846. The van der Waals surface area contributed by atoms with E-state index in [-0.39, 0.29) is 22.5 Å².